The molecule has 1 aromatic rings. The van der Waals surface area contributed by atoms with E-state index in [1.165, 1.54) is 0 Å². The van der Waals surface area contributed by atoms with Gasteiger partial charge in [0.25, 0.3) is 0 Å². The summed E-state index contributed by atoms with van der Waals surface area (Å²) in [6.45, 7) is 1.76. The van der Waals surface area contributed by atoms with Crippen molar-refractivity contribution in [2.24, 2.45) is 0 Å². The summed E-state index contributed by atoms with van der Waals surface area (Å²) in [5.41, 5.74) is 0. The summed E-state index contributed by atoms with van der Waals surface area (Å²) in [4.78, 5) is 35.4. The Balaban J connectivity index is 2.52. The van der Waals surface area contributed by atoms with E-state index in [0.29, 0.717) is 4.44 Å². The van der Waals surface area contributed by atoms with Gasteiger partial charge in [0.2, 0.25) is 0 Å². The second-order valence-electron chi connectivity index (χ2n) is 2.72. The number of carbonyl (C=O) groups excluding carboxylic acids is 3. The van der Waals surface area contributed by atoms with Gasteiger partial charge in [-0.2, -0.15) is 0 Å². The van der Waals surface area contributed by atoms with E-state index in [4.69, 9.17) is 0 Å². The molecule has 0 aliphatic rings. The molecule has 0 saturated heterocycles. The van der Waals surface area contributed by atoms with Crippen LogP contribution in [0, 0.1) is 0 Å². The van der Waals surface area contributed by atoms with Crippen molar-refractivity contribution >= 4 is 32.0 Å². The Morgan fingerprint density at radius 3 is 2.67 bits per heavy atom. The molecule has 0 saturated carbocycles. The van der Waals surface area contributed by atoms with E-state index in [1.807, 2.05) is 4.94 Å². The minimum atomic E-state index is -0.926. The first-order valence-electron chi connectivity index (χ1n) is 4.41. The predicted molar refractivity (Wildman–Crippen MR) is 54.0 cm³/mol. The molecule has 1 heterocycles. The molecule has 80 valence electrons. The Kier molecular flexibility index (Phi) is 4.46. The van der Waals surface area contributed by atoms with Gasteiger partial charge in [-0.15, -0.1) is 0 Å². The molecule has 0 unspecified atom stereocenters. The van der Waals surface area contributed by atoms with Gasteiger partial charge in [-0.3, -0.25) is 0 Å². The van der Waals surface area contributed by atoms with Gasteiger partial charge in [0.05, 0.1) is 0 Å². The first-order chi connectivity index (χ1) is 7.15. The van der Waals surface area contributed by atoms with Crippen LogP contribution in [-0.2, 0) is 14.3 Å². The molecule has 0 atom stereocenters. The van der Waals surface area contributed by atoms with Gasteiger partial charge in [0, 0.05) is 0 Å². The van der Waals surface area contributed by atoms with E-state index in [1.54, 1.807) is 19.1 Å². The third-order valence-electron chi connectivity index (χ3n) is 1.62. The van der Waals surface area contributed by atoms with Gasteiger partial charge in [-0.1, -0.05) is 0 Å². The first-order valence-corrected chi connectivity index (χ1v) is 6.26. The van der Waals surface area contributed by atoms with E-state index >= 15 is 0 Å². The quantitative estimate of drug-likeness (QED) is 0.257. The van der Waals surface area contributed by atoms with Crippen molar-refractivity contribution in [1.82, 2.24) is 0 Å². The standard InChI is InChI=1S/C10H10O4Se/c1-2-14-10(13)8(12)6-7(11)9-4-3-5-15-9/h3-5H,2,6H2,1H3. The number of carbonyl (C=O) groups is 3. The zero-order valence-corrected chi connectivity index (χ0v) is 9.90. The minimum absolute atomic E-state index is 0.00598. The zero-order valence-electron chi connectivity index (χ0n) is 8.19. The summed E-state index contributed by atoms with van der Waals surface area (Å²) >= 11 is 0.00598. The average molecular weight is 273 g/mol. The van der Waals surface area contributed by atoms with E-state index < -0.39 is 11.8 Å². The molecule has 0 spiro atoms. The fourth-order valence-corrected chi connectivity index (χ4v) is 2.35. The fourth-order valence-electron chi connectivity index (χ4n) is 0.954. The number of ether oxygens (including phenoxy) is 1. The number of ketones is 2. The number of hydrogen-bond acceptors (Lipinski definition) is 4. The normalized spacial score (nSPS) is 9.67. The maximum atomic E-state index is 11.4. The van der Waals surface area contributed by atoms with Crippen LogP contribution in [0.2, 0.25) is 0 Å². The van der Waals surface area contributed by atoms with E-state index in [2.05, 4.69) is 4.74 Å². The van der Waals surface area contributed by atoms with Gasteiger partial charge in [0.1, 0.15) is 0 Å². The van der Waals surface area contributed by atoms with Gasteiger partial charge in [-0.05, 0) is 0 Å². The number of Topliss-reactive ketones (excluding diaryl/α,β-unsaturated/α-hetero) is 2. The Morgan fingerprint density at radius 1 is 1.40 bits per heavy atom. The SMILES string of the molecule is CCOC(=O)C(=O)CC(=O)c1ccc[se]1. The molecule has 1 aromatic heterocycles. The predicted octanol–water partition coefficient (Wildman–Crippen LogP) is 0.449. The molecular weight excluding hydrogens is 263 g/mol. The summed E-state index contributed by atoms with van der Waals surface area (Å²) in [6.07, 6.45) is -0.381. The van der Waals surface area contributed by atoms with Crippen molar-refractivity contribution < 1.29 is 19.1 Å². The first kappa shape index (κ1) is 11.9. The van der Waals surface area contributed by atoms with Crippen LogP contribution in [-0.4, -0.2) is 38.6 Å². The van der Waals surface area contributed by atoms with Gasteiger partial charge >= 0.3 is 92.6 Å². The molecule has 0 radical (unpaired) electrons. The van der Waals surface area contributed by atoms with E-state index in [0.717, 1.165) is 0 Å². The fraction of sp³-hybridized carbons (Fsp3) is 0.300. The molecule has 1 rings (SSSR count). The number of esters is 1. The van der Waals surface area contributed by atoms with Crippen molar-refractivity contribution in [2.75, 3.05) is 6.61 Å². The van der Waals surface area contributed by atoms with Crippen LogP contribution in [0.1, 0.15) is 22.6 Å². The third-order valence-corrected chi connectivity index (χ3v) is 3.53. The molecule has 0 amide bonds. The van der Waals surface area contributed by atoms with Crippen LogP contribution < -0.4 is 0 Å². The van der Waals surface area contributed by atoms with Crippen LogP contribution in [0.5, 0.6) is 0 Å². The molecule has 5 heteroatoms. The van der Waals surface area contributed by atoms with Crippen molar-refractivity contribution in [1.29, 1.82) is 0 Å². The average Bonchev–Trinajstić information content (AvgIpc) is 2.70. The molecule has 0 bridgehead atoms. The molecule has 0 N–H and O–H groups in total. The molecule has 0 aliphatic heterocycles. The van der Waals surface area contributed by atoms with Crippen molar-refractivity contribution in [3.63, 3.8) is 0 Å². The Labute approximate surface area is 93.0 Å². The van der Waals surface area contributed by atoms with Crippen LogP contribution in [0.15, 0.2) is 17.1 Å². The topological polar surface area (TPSA) is 60.4 Å². The Bertz CT molecular complexity index is 367. The van der Waals surface area contributed by atoms with E-state index in [9.17, 15) is 14.4 Å². The van der Waals surface area contributed by atoms with Crippen LogP contribution >= 0.6 is 0 Å². The summed E-state index contributed by atoms with van der Waals surface area (Å²) in [5, 5.41) is 0. The summed E-state index contributed by atoms with van der Waals surface area (Å²) in [6, 6.07) is 3.46. The molecule has 0 aromatic carbocycles. The van der Waals surface area contributed by atoms with Crippen molar-refractivity contribution in [2.45, 2.75) is 13.3 Å². The second-order valence-corrected chi connectivity index (χ2v) is 4.71. The Hall–Kier alpha value is -1.19. The van der Waals surface area contributed by atoms with Crippen LogP contribution in [0.4, 0.5) is 0 Å². The van der Waals surface area contributed by atoms with Gasteiger partial charge in [0.15, 0.2) is 0 Å². The van der Waals surface area contributed by atoms with Gasteiger partial charge in [-0.25, -0.2) is 0 Å². The van der Waals surface area contributed by atoms with Gasteiger partial charge < -0.3 is 0 Å². The number of rotatable bonds is 5. The second kappa shape index (κ2) is 5.63. The van der Waals surface area contributed by atoms with Crippen LogP contribution in [0.3, 0.4) is 0 Å². The molecule has 15 heavy (non-hydrogen) atoms. The summed E-state index contributed by atoms with van der Waals surface area (Å²) < 4.78 is 5.12. The van der Waals surface area contributed by atoms with Crippen molar-refractivity contribution in [3.8, 4) is 0 Å². The summed E-state index contributed by atoms with van der Waals surface area (Å²) in [7, 11) is 0. The Morgan fingerprint density at radius 2 is 2.13 bits per heavy atom. The number of hydrogen-bond donors (Lipinski definition) is 0. The molecule has 0 aliphatic carbocycles. The third kappa shape index (κ3) is 3.46. The molecule has 0 fully saturated rings. The van der Waals surface area contributed by atoms with Crippen molar-refractivity contribution in [3.05, 3.63) is 21.5 Å². The maximum absolute atomic E-state index is 11.4. The summed E-state index contributed by atoms with van der Waals surface area (Å²) in [5.74, 6) is -1.98. The monoisotopic (exact) mass is 274 g/mol. The van der Waals surface area contributed by atoms with Crippen LogP contribution in [0.25, 0.3) is 0 Å². The van der Waals surface area contributed by atoms with E-state index in [-0.39, 0.29) is 33.3 Å². The zero-order chi connectivity index (χ0) is 11.3. The molecule has 4 nitrogen and oxygen atoms in total. The molecular formula is C10H10O4Se.